The number of nitrogens with zero attached hydrogens (tertiary/aromatic N) is 2. The molecule has 0 aromatic heterocycles. The minimum atomic E-state index is -0.782. The zero-order valence-electron chi connectivity index (χ0n) is 19.9. The van der Waals surface area contributed by atoms with Gasteiger partial charge in [-0.3, -0.25) is 14.5 Å². The topological polar surface area (TPSA) is 70.1 Å². The number of likely N-dealkylation sites (tertiary alicyclic amines) is 2. The number of hydrogen-bond donors (Lipinski definition) is 1. The second-order valence-corrected chi connectivity index (χ2v) is 10.1. The van der Waals surface area contributed by atoms with E-state index in [1.54, 1.807) is 0 Å². The van der Waals surface area contributed by atoms with Gasteiger partial charge in [-0.1, -0.05) is 32.0 Å². The molecule has 6 heteroatoms. The first kappa shape index (κ1) is 24.6. The first-order chi connectivity index (χ1) is 15.4. The van der Waals surface area contributed by atoms with E-state index in [-0.39, 0.29) is 12.3 Å². The van der Waals surface area contributed by atoms with Gasteiger partial charge >= 0.3 is 5.97 Å². The minimum absolute atomic E-state index is 0.154. The minimum Gasteiger partial charge on any atom is -0.493 e. The van der Waals surface area contributed by atoms with Gasteiger partial charge in [-0.15, -0.1) is 0 Å². The van der Waals surface area contributed by atoms with Crippen molar-refractivity contribution in [2.24, 2.45) is 11.3 Å². The van der Waals surface area contributed by atoms with Crippen LogP contribution in [0.2, 0.25) is 0 Å². The molecule has 2 heterocycles. The number of carboxylic acids is 1. The van der Waals surface area contributed by atoms with Gasteiger partial charge in [0.05, 0.1) is 6.61 Å². The Morgan fingerprint density at radius 1 is 1.00 bits per heavy atom. The van der Waals surface area contributed by atoms with Crippen LogP contribution in [0.3, 0.4) is 0 Å². The lowest BCUT2D eigenvalue weighted by atomic mass is 9.71. The quantitative estimate of drug-likeness (QED) is 0.535. The zero-order valence-corrected chi connectivity index (χ0v) is 19.9. The van der Waals surface area contributed by atoms with Gasteiger partial charge in [-0.2, -0.15) is 0 Å². The summed E-state index contributed by atoms with van der Waals surface area (Å²) >= 11 is 0. The Labute approximate surface area is 192 Å². The second-order valence-electron chi connectivity index (χ2n) is 10.1. The number of piperidine rings is 2. The number of unbranched alkanes of at least 4 members (excludes halogenated alkanes) is 1. The van der Waals surface area contributed by atoms with Crippen molar-refractivity contribution >= 4 is 11.9 Å². The molecule has 6 nitrogen and oxygen atoms in total. The van der Waals surface area contributed by atoms with Gasteiger partial charge in [0.25, 0.3) is 0 Å². The van der Waals surface area contributed by atoms with E-state index < -0.39 is 5.97 Å². The zero-order chi connectivity index (χ0) is 23.0. The molecule has 3 rings (SSSR count). The molecule has 0 aliphatic carbocycles. The van der Waals surface area contributed by atoms with Crippen LogP contribution in [-0.4, -0.2) is 59.6 Å². The predicted octanol–water partition coefficient (Wildman–Crippen LogP) is 4.57. The van der Waals surface area contributed by atoms with E-state index in [2.05, 4.69) is 36.9 Å². The summed E-state index contributed by atoms with van der Waals surface area (Å²) < 4.78 is 6.04. The van der Waals surface area contributed by atoms with Crippen molar-refractivity contribution in [1.29, 1.82) is 0 Å². The van der Waals surface area contributed by atoms with Crippen LogP contribution in [0.25, 0.3) is 0 Å². The molecule has 32 heavy (non-hydrogen) atoms. The van der Waals surface area contributed by atoms with Crippen LogP contribution in [0.15, 0.2) is 24.3 Å². The van der Waals surface area contributed by atoms with Crippen molar-refractivity contribution in [2.45, 2.75) is 71.8 Å². The number of carbonyl (C=O) groups excluding carboxylic acids is 1. The molecular formula is C26H40N2O4. The Balaban J connectivity index is 1.42. The van der Waals surface area contributed by atoms with Crippen LogP contribution in [0, 0.1) is 11.3 Å². The molecule has 1 spiro atoms. The summed E-state index contributed by atoms with van der Waals surface area (Å²) in [4.78, 5) is 27.6. The third-order valence-corrected chi connectivity index (χ3v) is 7.06. The van der Waals surface area contributed by atoms with Gasteiger partial charge in [-0.05, 0) is 69.0 Å². The summed E-state index contributed by atoms with van der Waals surface area (Å²) in [6.45, 7) is 9.92. The fourth-order valence-corrected chi connectivity index (χ4v) is 4.90. The maximum atomic E-state index is 12.5. The highest BCUT2D eigenvalue weighted by molar-refractivity contribution is 5.76. The van der Waals surface area contributed by atoms with Crippen molar-refractivity contribution in [2.75, 3.05) is 32.8 Å². The second kappa shape index (κ2) is 11.7. The third kappa shape index (κ3) is 7.22. The van der Waals surface area contributed by atoms with Crippen LogP contribution in [0.5, 0.6) is 5.75 Å². The fraction of sp³-hybridized carbons (Fsp3) is 0.692. The highest BCUT2D eigenvalue weighted by atomic mass is 16.5. The Morgan fingerprint density at radius 3 is 2.28 bits per heavy atom. The van der Waals surface area contributed by atoms with Crippen molar-refractivity contribution in [1.82, 2.24) is 9.80 Å². The molecule has 2 fully saturated rings. The fourth-order valence-electron chi connectivity index (χ4n) is 4.90. The molecule has 1 N–H and O–H groups in total. The van der Waals surface area contributed by atoms with Gasteiger partial charge in [0.15, 0.2) is 0 Å². The van der Waals surface area contributed by atoms with E-state index >= 15 is 0 Å². The molecule has 1 aromatic rings. The Kier molecular flexibility index (Phi) is 8.97. The third-order valence-electron chi connectivity index (χ3n) is 7.06. The van der Waals surface area contributed by atoms with Crippen LogP contribution in [0.4, 0.5) is 0 Å². The molecule has 178 valence electrons. The molecule has 2 saturated heterocycles. The SMILES string of the molecule is CC(C)COc1ccccc1CN1CCC2(CC1)CCN(C(=O)CCCCC(=O)O)CC2. The van der Waals surface area contributed by atoms with Gasteiger partial charge in [-0.25, -0.2) is 0 Å². The highest BCUT2D eigenvalue weighted by Gasteiger charge is 2.38. The van der Waals surface area contributed by atoms with Crippen LogP contribution >= 0.6 is 0 Å². The summed E-state index contributed by atoms with van der Waals surface area (Å²) in [7, 11) is 0. The van der Waals surface area contributed by atoms with Gasteiger partial charge < -0.3 is 14.7 Å². The maximum Gasteiger partial charge on any atom is 0.303 e. The smallest absolute Gasteiger partial charge is 0.303 e. The molecule has 0 radical (unpaired) electrons. The first-order valence-corrected chi connectivity index (χ1v) is 12.3. The monoisotopic (exact) mass is 444 g/mol. The normalized spacial score (nSPS) is 18.8. The lowest BCUT2D eigenvalue weighted by Gasteiger charge is -2.47. The highest BCUT2D eigenvalue weighted by Crippen LogP contribution is 2.41. The van der Waals surface area contributed by atoms with E-state index in [0.29, 0.717) is 30.6 Å². The molecule has 0 bridgehead atoms. The lowest BCUT2D eigenvalue weighted by molar-refractivity contribution is -0.138. The molecule has 2 aliphatic rings. The summed E-state index contributed by atoms with van der Waals surface area (Å²) in [5, 5.41) is 8.72. The number of benzene rings is 1. The summed E-state index contributed by atoms with van der Waals surface area (Å²) in [6.07, 6.45) is 6.47. The van der Waals surface area contributed by atoms with E-state index in [9.17, 15) is 9.59 Å². The number of ether oxygens (including phenoxy) is 1. The summed E-state index contributed by atoms with van der Waals surface area (Å²) in [5.74, 6) is 0.938. The number of rotatable bonds is 10. The standard InChI is InChI=1S/C26H40N2O4/c1-21(2)20-32-23-8-4-3-7-22(23)19-27-15-11-26(12-16-27)13-17-28(18-14-26)24(29)9-5-6-10-25(30)31/h3-4,7-8,21H,5-6,9-20H2,1-2H3,(H,30,31). The van der Waals surface area contributed by atoms with Crippen LogP contribution in [0.1, 0.15) is 70.8 Å². The first-order valence-electron chi connectivity index (χ1n) is 12.3. The lowest BCUT2D eigenvalue weighted by Crippen LogP contribution is -2.48. The Morgan fingerprint density at radius 2 is 1.62 bits per heavy atom. The van der Waals surface area contributed by atoms with Gasteiger partial charge in [0, 0.05) is 38.0 Å². The maximum absolute atomic E-state index is 12.5. The van der Waals surface area contributed by atoms with Crippen molar-refractivity contribution < 1.29 is 19.4 Å². The number of carbonyl (C=O) groups is 2. The number of aliphatic carboxylic acids is 1. The van der Waals surface area contributed by atoms with E-state index in [4.69, 9.17) is 9.84 Å². The predicted molar refractivity (Wildman–Crippen MR) is 126 cm³/mol. The molecular weight excluding hydrogens is 404 g/mol. The van der Waals surface area contributed by atoms with Gasteiger partial charge in [0.1, 0.15) is 5.75 Å². The molecule has 0 saturated carbocycles. The summed E-state index contributed by atoms with van der Waals surface area (Å²) in [6, 6.07) is 8.40. The van der Waals surface area contributed by atoms with Crippen molar-refractivity contribution in [3.8, 4) is 5.75 Å². The van der Waals surface area contributed by atoms with Crippen LogP contribution < -0.4 is 4.74 Å². The van der Waals surface area contributed by atoms with E-state index in [1.165, 1.54) is 18.4 Å². The molecule has 0 atom stereocenters. The van der Waals surface area contributed by atoms with Gasteiger partial charge in [0.2, 0.25) is 5.91 Å². The van der Waals surface area contributed by atoms with E-state index in [0.717, 1.165) is 57.9 Å². The number of para-hydroxylation sites is 1. The molecule has 1 aromatic carbocycles. The molecule has 2 aliphatic heterocycles. The average molecular weight is 445 g/mol. The Hall–Kier alpha value is -2.08. The Bertz CT molecular complexity index is 746. The van der Waals surface area contributed by atoms with Crippen molar-refractivity contribution in [3.63, 3.8) is 0 Å². The van der Waals surface area contributed by atoms with E-state index in [1.807, 2.05) is 11.0 Å². The number of hydrogen-bond acceptors (Lipinski definition) is 4. The molecule has 1 amide bonds. The summed E-state index contributed by atoms with van der Waals surface area (Å²) in [5.41, 5.74) is 1.65. The number of amides is 1. The number of carboxylic acid groups (broad SMARTS) is 1. The van der Waals surface area contributed by atoms with Crippen LogP contribution in [-0.2, 0) is 16.1 Å². The largest absolute Gasteiger partial charge is 0.493 e. The molecule has 0 unspecified atom stereocenters. The van der Waals surface area contributed by atoms with Crippen molar-refractivity contribution in [3.05, 3.63) is 29.8 Å². The average Bonchev–Trinajstić information content (AvgIpc) is 2.78.